The van der Waals surface area contributed by atoms with Gasteiger partial charge >= 0.3 is 11.8 Å². The number of carboxylic acid groups (broad SMARTS) is 1. The lowest BCUT2D eigenvalue weighted by Crippen LogP contribution is -2.30. The Morgan fingerprint density at radius 1 is 1.36 bits per heavy atom. The van der Waals surface area contributed by atoms with Gasteiger partial charge in [0.1, 0.15) is 11.5 Å². The summed E-state index contributed by atoms with van der Waals surface area (Å²) in [4.78, 5) is 26.5. The highest BCUT2D eigenvalue weighted by atomic mass is 32.2. The fourth-order valence-corrected chi connectivity index (χ4v) is 2.91. The Bertz CT molecular complexity index is 1010. The summed E-state index contributed by atoms with van der Waals surface area (Å²) in [5.41, 5.74) is 5.74. The van der Waals surface area contributed by atoms with Gasteiger partial charge in [0, 0.05) is 19.2 Å². The van der Waals surface area contributed by atoms with Crippen molar-refractivity contribution in [3.63, 3.8) is 0 Å². The predicted octanol–water partition coefficient (Wildman–Crippen LogP) is 1.34. The zero-order valence-corrected chi connectivity index (χ0v) is 15.5. The minimum atomic E-state index is -3.83. The van der Waals surface area contributed by atoms with Gasteiger partial charge in [0.15, 0.2) is 0 Å². The lowest BCUT2D eigenvalue weighted by atomic mass is 10.2. The Balaban J connectivity index is 2.36. The molecule has 0 radical (unpaired) electrons. The molecule has 0 unspecified atom stereocenters. The molecule has 13 heteroatoms. The molecule has 0 bridgehead atoms. The summed E-state index contributed by atoms with van der Waals surface area (Å²) in [6.07, 6.45) is -1.28. The van der Waals surface area contributed by atoms with Crippen LogP contribution in [0.4, 0.5) is 27.8 Å². The van der Waals surface area contributed by atoms with Crippen LogP contribution in [0.1, 0.15) is 12.5 Å². The molecule has 0 atom stereocenters. The molecule has 1 aromatic carbocycles. The van der Waals surface area contributed by atoms with Gasteiger partial charge in [0.2, 0.25) is 15.8 Å². The van der Waals surface area contributed by atoms with Gasteiger partial charge in [-0.3, -0.25) is 15.0 Å². The fourth-order valence-electron chi connectivity index (χ4n) is 2.40. The van der Waals surface area contributed by atoms with E-state index in [1.54, 1.807) is 6.92 Å². The zero-order chi connectivity index (χ0) is 21.1. The smallest absolute Gasteiger partial charge is 0.413 e. The third kappa shape index (κ3) is 4.63. The summed E-state index contributed by atoms with van der Waals surface area (Å²) in [7, 11) is -3.83. The van der Waals surface area contributed by atoms with Gasteiger partial charge in [-0.1, -0.05) is 12.1 Å². The lowest BCUT2D eigenvalue weighted by molar-refractivity contribution is -0.383. The summed E-state index contributed by atoms with van der Waals surface area (Å²) in [5.74, 6) is -0.501. The number of benzene rings is 1. The molecular formula is C15H18N6O6S. The molecule has 0 fully saturated rings. The van der Waals surface area contributed by atoms with Crippen LogP contribution < -0.4 is 21.1 Å². The second-order valence-corrected chi connectivity index (χ2v) is 7.15. The van der Waals surface area contributed by atoms with Crippen LogP contribution in [0.2, 0.25) is 0 Å². The average Bonchev–Trinajstić information content (AvgIpc) is 2.59. The molecule has 12 nitrogen and oxygen atoms in total. The monoisotopic (exact) mass is 410 g/mol. The largest absolute Gasteiger partial charge is 0.465 e. The fraction of sp³-hybridized carbons (Fsp3) is 0.200. The quantitative estimate of drug-likeness (QED) is 0.384. The molecule has 2 aromatic rings. The SMILES string of the molecule is CCN(C(=O)O)c1cc(NCc2ccc(S(N)(=O)=O)cc2)c([N+](=O)[O-])c(N)n1. The van der Waals surface area contributed by atoms with Gasteiger partial charge < -0.3 is 16.2 Å². The molecule has 1 aromatic heterocycles. The van der Waals surface area contributed by atoms with Crippen LogP contribution in [-0.4, -0.2) is 36.1 Å². The van der Waals surface area contributed by atoms with Crippen LogP contribution in [0.25, 0.3) is 0 Å². The lowest BCUT2D eigenvalue weighted by Gasteiger charge is -2.18. The first-order valence-corrected chi connectivity index (χ1v) is 9.40. The molecule has 6 N–H and O–H groups in total. The summed E-state index contributed by atoms with van der Waals surface area (Å²) >= 11 is 0. The van der Waals surface area contributed by atoms with Crippen molar-refractivity contribution in [2.45, 2.75) is 18.4 Å². The maximum atomic E-state index is 11.3. The molecule has 2 rings (SSSR count). The number of aromatic nitrogens is 1. The molecule has 0 aliphatic carbocycles. The van der Waals surface area contributed by atoms with Crippen molar-refractivity contribution < 1.29 is 23.2 Å². The summed E-state index contributed by atoms with van der Waals surface area (Å²) in [5, 5.41) is 28.4. The molecule has 1 amide bonds. The number of sulfonamides is 1. The van der Waals surface area contributed by atoms with Crippen molar-refractivity contribution in [2.75, 3.05) is 22.5 Å². The van der Waals surface area contributed by atoms with Crippen molar-refractivity contribution in [3.05, 3.63) is 46.0 Å². The van der Waals surface area contributed by atoms with E-state index in [9.17, 15) is 28.4 Å². The minimum absolute atomic E-state index is 0.0253. The third-order valence-electron chi connectivity index (χ3n) is 3.75. The Labute approximate surface area is 160 Å². The Morgan fingerprint density at radius 2 is 1.96 bits per heavy atom. The van der Waals surface area contributed by atoms with Crippen molar-refractivity contribution in [1.82, 2.24) is 4.98 Å². The molecule has 0 aliphatic heterocycles. The van der Waals surface area contributed by atoms with E-state index in [0.717, 1.165) is 4.90 Å². The second-order valence-electron chi connectivity index (χ2n) is 5.59. The Hall–Kier alpha value is -3.45. The van der Waals surface area contributed by atoms with E-state index in [0.29, 0.717) is 5.56 Å². The van der Waals surface area contributed by atoms with Crippen LogP contribution in [0.3, 0.4) is 0 Å². The maximum absolute atomic E-state index is 11.3. The van der Waals surface area contributed by atoms with Gasteiger partial charge in [0.05, 0.1) is 9.82 Å². The maximum Gasteiger partial charge on any atom is 0.413 e. The van der Waals surface area contributed by atoms with E-state index >= 15 is 0 Å². The minimum Gasteiger partial charge on any atom is -0.465 e. The van der Waals surface area contributed by atoms with Crippen molar-refractivity contribution in [2.24, 2.45) is 5.14 Å². The van der Waals surface area contributed by atoms with E-state index in [4.69, 9.17) is 10.9 Å². The standard InChI is InChI=1S/C15H18N6O6S/c1-2-20(15(22)23)12-7-11(13(21(24)25)14(16)19-12)18-8-9-3-5-10(6-4-9)28(17,26)27/h3-7H,2,8H2,1H3,(H,22,23)(H3,16,18,19)(H2,17,26,27). The van der Waals surface area contributed by atoms with E-state index in [-0.39, 0.29) is 29.5 Å². The second kappa shape index (κ2) is 8.06. The van der Waals surface area contributed by atoms with Crippen LogP contribution in [-0.2, 0) is 16.6 Å². The van der Waals surface area contributed by atoms with Crippen LogP contribution in [0, 0.1) is 10.1 Å². The predicted molar refractivity (Wildman–Crippen MR) is 101 cm³/mol. The summed E-state index contributed by atoms with van der Waals surface area (Å²) < 4.78 is 22.6. The molecule has 1 heterocycles. The highest BCUT2D eigenvalue weighted by Crippen LogP contribution is 2.33. The van der Waals surface area contributed by atoms with Gasteiger partial charge in [-0.05, 0) is 24.6 Å². The van der Waals surface area contributed by atoms with Gasteiger partial charge in [-0.15, -0.1) is 0 Å². The molecule has 0 spiro atoms. The number of pyridine rings is 1. The number of nitrogens with one attached hydrogen (secondary N) is 1. The first kappa shape index (κ1) is 20.9. The molecule has 0 aliphatic rings. The number of rotatable bonds is 7. The number of nitrogens with two attached hydrogens (primary N) is 2. The number of hydrogen-bond donors (Lipinski definition) is 4. The van der Waals surface area contributed by atoms with Crippen LogP contribution in [0.15, 0.2) is 35.2 Å². The number of anilines is 3. The van der Waals surface area contributed by atoms with Gasteiger partial charge in [0.25, 0.3) is 0 Å². The number of carbonyl (C=O) groups is 1. The highest BCUT2D eigenvalue weighted by molar-refractivity contribution is 7.89. The number of nitro groups is 1. The van der Waals surface area contributed by atoms with Gasteiger partial charge in [-0.25, -0.2) is 23.3 Å². The first-order chi connectivity index (χ1) is 13.0. The van der Waals surface area contributed by atoms with Gasteiger partial charge in [-0.2, -0.15) is 0 Å². The molecule has 0 saturated heterocycles. The number of nitrogens with zero attached hydrogens (tertiary/aromatic N) is 3. The Morgan fingerprint density at radius 3 is 2.43 bits per heavy atom. The molecule has 28 heavy (non-hydrogen) atoms. The van der Waals surface area contributed by atoms with Crippen molar-refractivity contribution in [3.8, 4) is 0 Å². The number of amides is 1. The summed E-state index contributed by atoms with van der Waals surface area (Å²) in [6, 6.07) is 6.79. The summed E-state index contributed by atoms with van der Waals surface area (Å²) in [6.45, 7) is 1.72. The molecule has 0 saturated carbocycles. The molecular weight excluding hydrogens is 392 g/mol. The topological polar surface area (TPSA) is 195 Å². The molecule has 150 valence electrons. The Kier molecular flexibility index (Phi) is 6.00. The van der Waals surface area contributed by atoms with Crippen molar-refractivity contribution in [1.29, 1.82) is 0 Å². The van der Waals surface area contributed by atoms with E-state index < -0.39 is 32.5 Å². The average molecular weight is 410 g/mol. The van der Waals surface area contributed by atoms with Crippen LogP contribution >= 0.6 is 0 Å². The van der Waals surface area contributed by atoms with E-state index in [2.05, 4.69) is 10.3 Å². The number of primary sulfonamides is 1. The number of hydrogen-bond acceptors (Lipinski definition) is 8. The normalized spacial score (nSPS) is 11.1. The van der Waals surface area contributed by atoms with Crippen LogP contribution in [0.5, 0.6) is 0 Å². The third-order valence-corrected chi connectivity index (χ3v) is 4.68. The van der Waals surface area contributed by atoms with E-state index in [1.807, 2.05) is 0 Å². The number of nitrogen functional groups attached to an aromatic ring is 1. The first-order valence-electron chi connectivity index (χ1n) is 7.85. The van der Waals surface area contributed by atoms with E-state index in [1.165, 1.54) is 30.3 Å². The zero-order valence-electron chi connectivity index (χ0n) is 14.7. The highest BCUT2D eigenvalue weighted by Gasteiger charge is 2.24. The van der Waals surface area contributed by atoms with Crippen molar-refractivity contribution >= 4 is 39.1 Å².